The molecule has 2 aliphatic carbocycles. The van der Waals surface area contributed by atoms with Crippen molar-refractivity contribution in [3.8, 4) is 5.75 Å². The van der Waals surface area contributed by atoms with E-state index in [0.717, 1.165) is 19.3 Å². The second kappa shape index (κ2) is 6.06. The summed E-state index contributed by atoms with van der Waals surface area (Å²) in [5, 5.41) is 10.6. The summed E-state index contributed by atoms with van der Waals surface area (Å²) in [7, 11) is 0. The topological polar surface area (TPSA) is 83.9 Å². The standard InChI is InChI=1S/C16H12Br3NO5/c17-7-4-8(18)13(21)12(19)11(7)16(24)25-20-14(22)9-5-1-2-6(3-5)10(9)15(20)23/h4-6,9-10,21H,1-3H2. The molecule has 0 radical (unpaired) electrons. The van der Waals surface area contributed by atoms with Crippen LogP contribution in [0.15, 0.2) is 19.5 Å². The molecule has 4 rings (SSSR count). The van der Waals surface area contributed by atoms with Gasteiger partial charge in [-0.15, -0.1) is 5.06 Å². The minimum absolute atomic E-state index is 0.00123. The number of carbonyl (C=O) groups excluding carboxylic acids is 3. The van der Waals surface area contributed by atoms with Crippen LogP contribution in [0.5, 0.6) is 5.75 Å². The van der Waals surface area contributed by atoms with Gasteiger partial charge in [-0.05, 0) is 85.0 Å². The van der Waals surface area contributed by atoms with Gasteiger partial charge in [0.2, 0.25) is 0 Å². The Hall–Kier alpha value is -0.930. The minimum Gasteiger partial charge on any atom is -0.506 e. The molecule has 3 fully saturated rings. The number of benzene rings is 1. The number of hydrogen-bond acceptors (Lipinski definition) is 5. The number of phenols is 1. The fourth-order valence-electron chi connectivity index (χ4n) is 4.37. The van der Waals surface area contributed by atoms with Crippen LogP contribution in [-0.4, -0.2) is 28.0 Å². The molecule has 0 spiro atoms. The Morgan fingerprint density at radius 2 is 1.64 bits per heavy atom. The smallest absolute Gasteiger partial charge is 0.366 e. The molecule has 3 aliphatic rings. The van der Waals surface area contributed by atoms with Gasteiger partial charge in [0, 0.05) is 4.47 Å². The normalized spacial score (nSPS) is 30.1. The van der Waals surface area contributed by atoms with E-state index in [1.165, 1.54) is 6.07 Å². The lowest BCUT2D eigenvalue weighted by Crippen LogP contribution is -2.35. The van der Waals surface area contributed by atoms with Crippen LogP contribution in [0.2, 0.25) is 0 Å². The van der Waals surface area contributed by atoms with Gasteiger partial charge in [-0.25, -0.2) is 4.79 Å². The Labute approximate surface area is 168 Å². The van der Waals surface area contributed by atoms with E-state index in [0.29, 0.717) is 14.0 Å². The number of hydroxylamine groups is 2. The highest BCUT2D eigenvalue weighted by molar-refractivity contribution is 9.11. The number of amides is 2. The summed E-state index contributed by atoms with van der Waals surface area (Å²) >= 11 is 9.53. The van der Waals surface area contributed by atoms with Crippen LogP contribution in [-0.2, 0) is 14.4 Å². The molecule has 0 aromatic heterocycles. The lowest BCUT2D eigenvalue weighted by molar-refractivity contribution is -0.175. The second-order valence-corrected chi connectivity index (χ2v) is 9.11. The summed E-state index contributed by atoms with van der Waals surface area (Å²) in [6.45, 7) is 0. The third-order valence-corrected chi connectivity index (χ3v) is 7.41. The van der Waals surface area contributed by atoms with Crippen molar-refractivity contribution in [1.29, 1.82) is 0 Å². The molecule has 1 N–H and O–H groups in total. The van der Waals surface area contributed by atoms with Gasteiger partial charge in [-0.1, -0.05) is 0 Å². The first-order valence-corrected chi connectivity index (χ1v) is 10.2. The summed E-state index contributed by atoms with van der Waals surface area (Å²) in [6.07, 6.45) is 2.81. The molecule has 2 bridgehead atoms. The van der Waals surface area contributed by atoms with E-state index in [9.17, 15) is 19.5 Å². The van der Waals surface area contributed by atoms with Crippen LogP contribution in [0.4, 0.5) is 0 Å². The molecule has 4 atom stereocenters. The van der Waals surface area contributed by atoms with Crippen LogP contribution >= 0.6 is 47.8 Å². The van der Waals surface area contributed by atoms with E-state index in [1.807, 2.05) is 0 Å². The molecular weight excluding hydrogens is 526 g/mol. The van der Waals surface area contributed by atoms with E-state index < -0.39 is 17.8 Å². The second-order valence-electron chi connectivity index (χ2n) is 6.61. The summed E-state index contributed by atoms with van der Waals surface area (Å²) in [4.78, 5) is 42.9. The number of nitrogens with zero attached hydrogens (tertiary/aromatic N) is 1. The van der Waals surface area contributed by atoms with Crippen LogP contribution < -0.4 is 0 Å². The van der Waals surface area contributed by atoms with Crippen molar-refractivity contribution < 1.29 is 24.3 Å². The van der Waals surface area contributed by atoms with Gasteiger partial charge in [-0.3, -0.25) is 9.59 Å². The van der Waals surface area contributed by atoms with E-state index in [2.05, 4.69) is 47.8 Å². The van der Waals surface area contributed by atoms with Crippen molar-refractivity contribution in [2.24, 2.45) is 23.7 Å². The molecule has 1 aliphatic heterocycles. The highest BCUT2D eigenvalue weighted by atomic mass is 79.9. The third kappa shape index (κ3) is 2.49. The Bertz CT molecular complexity index is 798. The third-order valence-electron chi connectivity index (χ3n) is 5.41. The van der Waals surface area contributed by atoms with E-state index in [-0.39, 0.29) is 39.5 Å². The fraction of sp³-hybridized carbons (Fsp3) is 0.438. The van der Waals surface area contributed by atoms with Crippen LogP contribution in [0.3, 0.4) is 0 Å². The molecule has 4 unspecified atom stereocenters. The van der Waals surface area contributed by atoms with Gasteiger partial charge in [0.05, 0.1) is 26.3 Å². The van der Waals surface area contributed by atoms with E-state index >= 15 is 0 Å². The lowest BCUT2D eigenvalue weighted by Gasteiger charge is -2.18. The number of rotatable bonds is 2. The van der Waals surface area contributed by atoms with Crippen LogP contribution in [0, 0.1) is 23.7 Å². The number of aromatic hydroxyl groups is 1. The number of halogens is 3. The maximum atomic E-state index is 12.6. The number of carbonyl (C=O) groups is 3. The molecule has 9 heteroatoms. The molecular formula is C16H12Br3NO5. The molecule has 1 saturated heterocycles. The SMILES string of the molecule is O=C(ON1C(=O)C2C3CCC(C3)C2C1=O)c1c(Br)cc(Br)c(O)c1Br. The average Bonchev–Trinajstić information content (AvgIpc) is 3.22. The van der Waals surface area contributed by atoms with Gasteiger partial charge >= 0.3 is 5.97 Å². The summed E-state index contributed by atoms with van der Waals surface area (Å²) < 4.78 is 0.841. The first-order chi connectivity index (χ1) is 11.8. The minimum atomic E-state index is -0.893. The number of fused-ring (bicyclic) bond motifs is 5. The maximum Gasteiger partial charge on any atom is 0.366 e. The molecule has 2 amide bonds. The number of imide groups is 1. The molecule has 1 heterocycles. The largest absolute Gasteiger partial charge is 0.506 e. The predicted octanol–water partition coefficient (Wildman–Crippen LogP) is 3.78. The average molecular weight is 538 g/mol. The maximum absolute atomic E-state index is 12.6. The molecule has 25 heavy (non-hydrogen) atoms. The Kier molecular flexibility index (Phi) is 4.24. The predicted molar refractivity (Wildman–Crippen MR) is 96.3 cm³/mol. The van der Waals surface area contributed by atoms with Gasteiger partial charge in [-0.2, -0.15) is 0 Å². The molecule has 1 aromatic rings. The summed E-state index contributed by atoms with van der Waals surface area (Å²) in [5.41, 5.74) is 0.00123. The zero-order chi connectivity index (χ0) is 18.0. The van der Waals surface area contributed by atoms with Crippen molar-refractivity contribution in [2.45, 2.75) is 19.3 Å². The van der Waals surface area contributed by atoms with Crippen molar-refractivity contribution in [2.75, 3.05) is 0 Å². The quantitative estimate of drug-likeness (QED) is 0.581. The zero-order valence-electron chi connectivity index (χ0n) is 12.7. The van der Waals surface area contributed by atoms with Crippen molar-refractivity contribution in [3.05, 3.63) is 25.0 Å². The highest BCUT2D eigenvalue weighted by Crippen LogP contribution is 2.56. The lowest BCUT2D eigenvalue weighted by atomic mass is 9.81. The fourth-order valence-corrected chi connectivity index (χ4v) is 6.81. The van der Waals surface area contributed by atoms with Gasteiger partial charge in [0.25, 0.3) is 11.8 Å². The van der Waals surface area contributed by atoms with Crippen molar-refractivity contribution in [3.63, 3.8) is 0 Å². The Morgan fingerprint density at radius 1 is 1.08 bits per heavy atom. The first kappa shape index (κ1) is 17.5. The zero-order valence-corrected chi connectivity index (χ0v) is 17.4. The van der Waals surface area contributed by atoms with Gasteiger partial charge in [0.1, 0.15) is 5.75 Å². The summed E-state index contributed by atoms with van der Waals surface area (Å²) in [5.74, 6) is -2.21. The van der Waals surface area contributed by atoms with Gasteiger partial charge in [0.15, 0.2) is 0 Å². The number of hydrogen-bond donors (Lipinski definition) is 1. The molecule has 1 aromatic carbocycles. The van der Waals surface area contributed by atoms with E-state index in [4.69, 9.17) is 4.84 Å². The molecule has 2 saturated carbocycles. The van der Waals surface area contributed by atoms with Crippen molar-refractivity contribution >= 4 is 65.6 Å². The molecule has 6 nitrogen and oxygen atoms in total. The van der Waals surface area contributed by atoms with Crippen LogP contribution in [0.1, 0.15) is 29.6 Å². The van der Waals surface area contributed by atoms with E-state index in [1.54, 1.807) is 0 Å². The van der Waals surface area contributed by atoms with Crippen molar-refractivity contribution in [1.82, 2.24) is 5.06 Å². The van der Waals surface area contributed by atoms with Gasteiger partial charge < -0.3 is 9.94 Å². The highest BCUT2D eigenvalue weighted by Gasteiger charge is 2.62. The monoisotopic (exact) mass is 535 g/mol. The summed E-state index contributed by atoms with van der Waals surface area (Å²) in [6, 6.07) is 1.49. The Balaban J connectivity index is 1.61. The number of phenolic OH excluding ortho intramolecular Hbond substituents is 1. The van der Waals surface area contributed by atoms with Crippen LogP contribution in [0.25, 0.3) is 0 Å². The Morgan fingerprint density at radius 3 is 2.20 bits per heavy atom. The first-order valence-electron chi connectivity index (χ1n) is 7.77. The molecule has 132 valence electrons.